The molecule has 0 spiro atoms. The Hall–Kier alpha value is -2.29. The van der Waals surface area contributed by atoms with Crippen LogP contribution in [0.15, 0.2) is 46.6 Å². The highest BCUT2D eigenvalue weighted by Gasteiger charge is 2.32. The molecule has 0 saturated carbocycles. The Bertz CT molecular complexity index is 841. The Balaban J connectivity index is 1.89. The van der Waals surface area contributed by atoms with Gasteiger partial charge >= 0.3 is 5.97 Å². The van der Waals surface area contributed by atoms with Crippen LogP contribution in [-0.4, -0.2) is 5.97 Å². The number of esters is 1. The number of hydrogen-bond acceptors (Lipinski definition) is 3. The van der Waals surface area contributed by atoms with Gasteiger partial charge in [-0.05, 0) is 93.5 Å². The normalized spacial score (nSPS) is 19.6. The summed E-state index contributed by atoms with van der Waals surface area (Å²) in [7, 11) is 0. The predicted molar refractivity (Wildman–Crippen MR) is 113 cm³/mol. The van der Waals surface area contributed by atoms with E-state index in [0.29, 0.717) is 23.5 Å². The van der Waals surface area contributed by atoms with Crippen molar-refractivity contribution in [3.8, 4) is 5.75 Å². The summed E-state index contributed by atoms with van der Waals surface area (Å²) in [5.41, 5.74) is 5.09. The van der Waals surface area contributed by atoms with Crippen molar-refractivity contribution in [2.75, 3.05) is 0 Å². The van der Waals surface area contributed by atoms with E-state index in [9.17, 15) is 4.79 Å². The third-order valence-corrected chi connectivity index (χ3v) is 5.91. The molecule has 28 heavy (non-hydrogen) atoms. The van der Waals surface area contributed by atoms with Crippen molar-refractivity contribution in [1.29, 1.82) is 0 Å². The second kappa shape index (κ2) is 8.81. The largest absolute Gasteiger partial charge is 0.457 e. The number of aryl methyl sites for hydroxylation is 1. The van der Waals surface area contributed by atoms with Crippen LogP contribution in [0.25, 0.3) is 0 Å². The number of allylic oxidation sites excluding steroid dienone is 2. The van der Waals surface area contributed by atoms with Crippen molar-refractivity contribution in [3.05, 3.63) is 64.6 Å². The first-order chi connectivity index (χ1) is 13.4. The van der Waals surface area contributed by atoms with Crippen molar-refractivity contribution in [1.82, 2.24) is 0 Å². The maximum Gasteiger partial charge on any atom is 0.379 e. The van der Waals surface area contributed by atoms with Gasteiger partial charge in [0.05, 0.1) is 6.26 Å². The molecule has 1 aliphatic carbocycles. The van der Waals surface area contributed by atoms with E-state index < -0.39 is 5.97 Å². The number of fused-ring (bicyclic) bond motifs is 1. The van der Waals surface area contributed by atoms with Gasteiger partial charge in [-0.3, -0.25) is 0 Å². The molecule has 0 fully saturated rings. The minimum atomic E-state index is -0.427. The standard InChI is InChI=1S/C25H32O3/c1-16(2)8-6-9-18(4)20-12-11-19(5)24-21(20)14-17(3)15-23(24)28-25(26)22-10-7-13-27-22/h7-8,10,13-15,18-20H,6,9,11-12H2,1-5H3/t18-,19+,20-/m0/s1. The van der Waals surface area contributed by atoms with Crippen LogP contribution in [0.4, 0.5) is 0 Å². The molecule has 3 nitrogen and oxygen atoms in total. The second-order valence-electron chi connectivity index (χ2n) is 8.55. The summed E-state index contributed by atoms with van der Waals surface area (Å²) >= 11 is 0. The highest BCUT2D eigenvalue weighted by molar-refractivity contribution is 5.88. The molecule has 0 radical (unpaired) electrons. The van der Waals surface area contributed by atoms with Crippen LogP contribution in [0.5, 0.6) is 5.75 Å². The van der Waals surface area contributed by atoms with Crippen LogP contribution in [-0.2, 0) is 0 Å². The molecule has 1 heterocycles. The van der Waals surface area contributed by atoms with Crippen molar-refractivity contribution in [2.45, 2.75) is 72.1 Å². The van der Waals surface area contributed by atoms with E-state index in [-0.39, 0.29) is 5.76 Å². The fourth-order valence-corrected chi connectivity index (χ4v) is 4.41. The van der Waals surface area contributed by atoms with Gasteiger partial charge in [-0.2, -0.15) is 0 Å². The molecule has 1 aromatic heterocycles. The minimum Gasteiger partial charge on any atom is -0.457 e. The summed E-state index contributed by atoms with van der Waals surface area (Å²) in [5.74, 6) is 2.01. The summed E-state index contributed by atoms with van der Waals surface area (Å²) in [6.45, 7) is 11.0. The Morgan fingerprint density at radius 3 is 2.79 bits per heavy atom. The third kappa shape index (κ3) is 4.57. The maximum absolute atomic E-state index is 12.5. The lowest BCUT2D eigenvalue weighted by molar-refractivity contribution is 0.0698. The fraction of sp³-hybridized carbons (Fsp3) is 0.480. The van der Waals surface area contributed by atoms with Crippen molar-refractivity contribution in [3.63, 3.8) is 0 Å². The van der Waals surface area contributed by atoms with Crippen molar-refractivity contribution >= 4 is 5.97 Å². The van der Waals surface area contributed by atoms with Gasteiger partial charge in [0.2, 0.25) is 5.76 Å². The molecule has 150 valence electrons. The number of carbonyl (C=O) groups excluding carboxylic acids is 1. The molecular weight excluding hydrogens is 348 g/mol. The molecule has 2 aromatic rings. The lowest BCUT2D eigenvalue weighted by atomic mass is 9.71. The van der Waals surface area contributed by atoms with E-state index >= 15 is 0 Å². The van der Waals surface area contributed by atoms with E-state index in [1.165, 1.54) is 35.8 Å². The molecule has 0 saturated heterocycles. The molecule has 0 amide bonds. The lowest BCUT2D eigenvalue weighted by Gasteiger charge is -2.35. The zero-order chi connectivity index (χ0) is 20.3. The fourth-order valence-electron chi connectivity index (χ4n) is 4.41. The van der Waals surface area contributed by atoms with Gasteiger partial charge in [0.15, 0.2) is 0 Å². The van der Waals surface area contributed by atoms with Gasteiger partial charge < -0.3 is 9.15 Å². The van der Waals surface area contributed by atoms with Gasteiger partial charge in [0.1, 0.15) is 5.75 Å². The summed E-state index contributed by atoms with van der Waals surface area (Å²) in [6, 6.07) is 7.64. The third-order valence-electron chi connectivity index (χ3n) is 5.91. The molecule has 3 rings (SSSR count). The van der Waals surface area contributed by atoms with E-state index in [4.69, 9.17) is 9.15 Å². The van der Waals surface area contributed by atoms with E-state index in [0.717, 1.165) is 18.4 Å². The predicted octanol–water partition coefficient (Wildman–Crippen LogP) is 7.17. The summed E-state index contributed by atoms with van der Waals surface area (Å²) in [5, 5.41) is 0. The zero-order valence-corrected chi connectivity index (χ0v) is 17.7. The van der Waals surface area contributed by atoms with E-state index in [2.05, 4.69) is 46.8 Å². The van der Waals surface area contributed by atoms with E-state index in [1.54, 1.807) is 12.1 Å². The first kappa shape index (κ1) is 20.4. The van der Waals surface area contributed by atoms with Crippen LogP contribution in [0.1, 0.15) is 92.5 Å². The van der Waals surface area contributed by atoms with Crippen LogP contribution in [0, 0.1) is 12.8 Å². The van der Waals surface area contributed by atoms with Crippen LogP contribution in [0.3, 0.4) is 0 Å². The van der Waals surface area contributed by atoms with Crippen LogP contribution < -0.4 is 4.74 Å². The molecule has 3 heteroatoms. The topological polar surface area (TPSA) is 39.4 Å². The zero-order valence-electron chi connectivity index (χ0n) is 17.7. The van der Waals surface area contributed by atoms with E-state index in [1.807, 2.05) is 6.07 Å². The maximum atomic E-state index is 12.5. The number of benzene rings is 1. The summed E-state index contributed by atoms with van der Waals surface area (Å²) < 4.78 is 11.0. The van der Waals surface area contributed by atoms with Gasteiger partial charge in [-0.15, -0.1) is 0 Å². The Kier molecular flexibility index (Phi) is 6.43. The number of rotatable bonds is 6. The Morgan fingerprint density at radius 1 is 1.32 bits per heavy atom. The summed E-state index contributed by atoms with van der Waals surface area (Å²) in [4.78, 5) is 12.5. The molecule has 1 aromatic carbocycles. The van der Waals surface area contributed by atoms with Gasteiger partial charge in [-0.25, -0.2) is 4.79 Å². The van der Waals surface area contributed by atoms with Gasteiger partial charge in [-0.1, -0.05) is 31.6 Å². The van der Waals surface area contributed by atoms with Gasteiger partial charge in [0.25, 0.3) is 0 Å². The minimum absolute atomic E-state index is 0.241. The second-order valence-corrected chi connectivity index (χ2v) is 8.55. The average molecular weight is 381 g/mol. The molecule has 1 aliphatic rings. The van der Waals surface area contributed by atoms with Crippen molar-refractivity contribution < 1.29 is 13.9 Å². The first-order valence-electron chi connectivity index (χ1n) is 10.4. The molecular formula is C25H32O3. The molecule has 0 unspecified atom stereocenters. The molecule has 3 atom stereocenters. The molecule has 0 bridgehead atoms. The highest BCUT2D eigenvalue weighted by atomic mass is 16.5. The number of carbonyl (C=O) groups is 1. The average Bonchev–Trinajstić information content (AvgIpc) is 3.15. The first-order valence-corrected chi connectivity index (χ1v) is 10.4. The molecule has 0 N–H and O–H groups in total. The Morgan fingerprint density at radius 2 is 2.11 bits per heavy atom. The highest BCUT2D eigenvalue weighted by Crippen LogP contribution is 2.47. The smallest absolute Gasteiger partial charge is 0.379 e. The monoisotopic (exact) mass is 380 g/mol. The lowest BCUT2D eigenvalue weighted by Crippen LogP contribution is -2.21. The SMILES string of the molecule is CC(C)=CCC[C@H](C)[C@@H]1CC[C@@H](C)c2c(OC(=O)c3ccco3)cc(C)cc21. The number of furan rings is 1. The Labute approximate surface area is 168 Å². The molecule has 0 aliphatic heterocycles. The van der Waals surface area contributed by atoms with Crippen LogP contribution in [0.2, 0.25) is 0 Å². The summed E-state index contributed by atoms with van der Waals surface area (Å²) in [6.07, 6.45) is 8.44. The van der Waals surface area contributed by atoms with Gasteiger partial charge in [0, 0.05) is 5.56 Å². The number of hydrogen-bond donors (Lipinski definition) is 0. The van der Waals surface area contributed by atoms with Crippen LogP contribution >= 0.6 is 0 Å². The number of ether oxygens (including phenoxy) is 1. The quantitative estimate of drug-likeness (QED) is 0.303. The van der Waals surface area contributed by atoms with Crippen molar-refractivity contribution in [2.24, 2.45) is 5.92 Å².